The van der Waals surface area contributed by atoms with E-state index in [2.05, 4.69) is 54.6 Å². The average Bonchev–Trinajstić information content (AvgIpc) is 3.38. The lowest BCUT2D eigenvalue weighted by atomic mass is 9.89. The van der Waals surface area contributed by atoms with Crippen molar-refractivity contribution in [2.75, 3.05) is 19.6 Å². The number of thiophene rings is 1. The van der Waals surface area contributed by atoms with E-state index in [-0.39, 0.29) is 5.91 Å². The fraction of sp³-hybridized carbons (Fsp3) is 0.292. The second-order valence-corrected chi connectivity index (χ2v) is 8.90. The number of hydrogen-bond donors (Lipinski definition) is 1. The highest BCUT2D eigenvalue weighted by molar-refractivity contribution is 7.17. The molecule has 0 saturated carbocycles. The van der Waals surface area contributed by atoms with Crippen LogP contribution < -0.4 is 5.73 Å². The number of fused-ring (bicyclic) bond motifs is 3. The molecule has 0 spiro atoms. The molecule has 1 amide bonds. The van der Waals surface area contributed by atoms with E-state index >= 15 is 0 Å². The number of rotatable bonds is 3. The molecule has 2 heterocycles. The molecule has 1 aromatic heterocycles. The zero-order valence-electron chi connectivity index (χ0n) is 15.8. The zero-order chi connectivity index (χ0) is 19.1. The van der Waals surface area contributed by atoms with E-state index in [9.17, 15) is 4.79 Å². The quantitative estimate of drug-likeness (QED) is 0.726. The molecular weight excluding hydrogens is 364 g/mol. The molecule has 1 saturated heterocycles. The number of aryl methyl sites for hydroxylation is 2. The number of hydrogen-bond acceptors (Lipinski definition) is 3. The van der Waals surface area contributed by atoms with E-state index < -0.39 is 0 Å². The summed E-state index contributed by atoms with van der Waals surface area (Å²) in [5, 5.41) is 0. The number of nitrogens with zero attached hydrogens (tertiary/aromatic N) is 1. The molecule has 2 atom stereocenters. The molecule has 4 heteroatoms. The van der Waals surface area contributed by atoms with Crippen LogP contribution in [0.25, 0.3) is 10.4 Å². The summed E-state index contributed by atoms with van der Waals surface area (Å²) in [5.41, 5.74) is 11.4. The molecule has 0 bridgehead atoms. The Labute approximate surface area is 169 Å². The lowest BCUT2D eigenvalue weighted by molar-refractivity contribution is 0.0791. The van der Waals surface area contributed by atoms with Crippen LogP contribution in [0.3, 0.4) is 0 Å². The van der Waals surface area contributed by atoms with Crippen LogP contribution in [0.1, 0.15) is 32.3 Å². The third-order valence-corrected chi connectivity index (χ3v) is 7.40. The minimum absolute atomic E-state index is 0.161. The molecule has 3 nitrogen and oxygen atoms in total. The van der Waals surface area contributed by atoms with Crippen LogP contribution in [0.15, 0.2) is 60.7 Å². The summed E-state index contributed by atoms with van der Waals surface area (Å²) in [6.45, 7) is 2.11. The van der Waals surface area contributed by atoms with Gasteiger partial charge in [0.05, 0.1) is 4.88 Å². The molecule has 3 aromatic rings. The summed E-state index contributed by atoms with van der Waals surface area (Å²) >= 11 is 1.66. The number of carbonyl (C=O) groups excluding carboxylic acids is 1. The van der Waals surface area contributed by atoms with E-state index in [1.165, 1.54) is 27.1 Å². The van der Waals surface area contributed by atoms with Crippen LogP contribution in [0.2, 0.25) is 0 Å². The Morgan fingerprint density at radius 2 is 1.75 bits per heavy atom. The van der Waals surface area contributed by atoms with Crippen molar-refractivity contribution >= 4 is 17.2 Å². The molecule has 1 aliphatic heterocycles. The Bertz CT molecular complexity index is 1010. The molecule has 0 unspecified atom stereocenters. The largest absolute Gasteiger partial charge is 0.337 e. The van der Waals surface area contributed by atoms with Crippen molar-refractivity contribution in [1.82, 2.24) is 4.90 Å². The SMILES string of the molecule is NC[C@@H]1CN(C(=O)c2cc3c(s2)-c2ccccc2CC3)C[C@H]1c1ccccc1. The van der Waals surface area contributed by atoms with Gasteiger partial charge in [0.1, 0.15) is 0 Å². The maximum atomic E-state index is 13.3. The molecule has 1 fully saturated rings. The number of nitrogens with two attached hydrogens (primary N) is 1. The topological polar surface area (TPSA) is 46.3 Å². The van der Waals surface area contributed by atoms with Crippen molar-refractivity contribution in [1.29, 1.82) is 0 Å². The molecule has 5 rings (SSSR count). The van der Waals surface area contributed by atoms with Gasteiger partial charge in [0.15, 0.2) is 0 Å². The lowest BCUT2D eigenvalue weighted by Gasteiger charge is -2.16. The van der Waals surface area contributed by atoms with Crippen LogP contribution in [0.5, 0.6) is 0 Å². The summed E-state index contributed by atoms with van der Waals surface area (Å²) in [6.07, 6.45) is 2.08. The maximum absolute atomic E-state index is 13.3. The van der Waals surface area contributed by atoms with Crippen molar-refractivity contribution in [3.8, 4) is 10.4 Å². The van der Waals surface area contributed by atoms with Crippen LogP contribution in [-0.2, 0) is 12.8 Å². The maximum Gasteiger partial charge on any atom is 0.263 e. The molecule has 2 aliphatic rings. The Morgan fingerprint density at radius 1 is 1.00 bits per heavy atom. The first-order valence-electron chi connectivity index (χ1n) is 10.00. The highest BCUT2D eigenvalue weighted by atomic mass is 32.1. The van der Waals surface area contributed by atoms with Crippen LogP contribution in [-0.4, -0.2) is 30.4 Å². The zero-order valence-corrected chi connectivity index (χ0v) is 16.6. The lowest BCUT2D eigenvalue weighted by Crippen LogP contribution is -2.29. The van der Waals surface area contributed by atoms with Gasteiger partial charge in [-0.25, -0.2) is 0 Å². The van der Waals surface area contributed by atoms with Gasteiger partial charge in [0, 0.05) is 23.9 Å². The van der Waals surface area contributed by atoms with Gasteiger partial charge < -0.3 is 10.6 Å². The van der Waals surface area contributed by atoms with Gasteiger partial charge in [-0.1, -0.05) is 54.6 Å². The normalized spacial score (nSPS) is 20.7. The second kappa shape index (κ2) is 7.19. The number of likely N-dealkylation sites (tertiary alicyclic amines) is 1. The van der Waals surface area contributed by atoms with Crippen molar-refractivity contribution in [2.24, 2.45) is 11.7 Å². The minimum atomic E-state index is 0.161. The number of benzene rings is 2. The van der Waals surface area contributed by atoms with Gasteiger partial charge in [-0.3, -0.25) is 4.79 Å². The summed E-state index contributed by atoms with van der Waals surface area (Å²) in [5.74, 6) is 0.806. The fourth-order valence-electron chi connectivity index (χ4n) is 4.69. The summed E-state index contributed by atoms with van der Waals surface area (Å²) in [4.78, 5) is 17.5. The summed E-state index contributed by atoms with van der Waals surface area (Å²) in [7, 11) is 0. The third-order valence-electron chi connectivity index (χ3n) is 6.20. The minimum Gasteiger partial charge on any atom is -0.337 e. The standard InChI is InChI=1S/C24H24N2OS/c25-13-19-14-26(15-21(19)16-6-2-1-3-7-16)24(27)22-12-18-11-10-17-8-4-5-9-20(17)23(18)28-22/h1-9,12,19,21H,10-11,13-15,25H2/t19-,21+/m1/s1. The van der Waals surface area contributed by atoms with E-state index in [4.69, 9.17) is 5.73 Å². The van der Waals surface area contributed by atoms with Crippen LogP contribution in [0, 0.1) is 5.92 Å². The fourth-order valence-corrected chi connectivity index (χ4v) is 5.93. The van der Waals surface area contributed by atoms with E-state index in [1.54, 1.807) is 11.3 Å². The van der Waals surface area contributed by atoms with Crippen LogP contribution >= 0.6 is 11.3 Å². The van der Waals surface area contributed by atoms with Gasteiger partial charge in [-0.2, -0.15) is 0 Å². The first-order chi connectivity index (χ1) is 13.7. The van der Waals surface area contributed by atoms with Crippen LogP contribution in [0.4, 0.5) is 0 Å². The first-order valence-corrected chi connectivity index (χ1v) is 10.8. The predicted octanol–water partition coefficient (Wildman–Crippen LogP) is 4.33. The molecule has 2 aromatic carbocycles. The van der Waals surface area contributed by atoms with Gasteiger partial charge in [-0.05, 0) is 53.6 Å². The molecule has 0 radical (unpaired) electrons. The molecule has 2 N–H and O–H groups in total. The first kappa shape index (κ1) is 17.7. The van der Waals surface area contributed by atoms with Crippen molar-refractivity contribution < 1.29 is 4.79 Å². The summed E-state index contributed by atoms with van der Waals surface area (Å²) < 4.78 is 0. The Hall–Kier alpha value is -2.43. The third kappa shape index (κ3) is 2.97. The van der Waals surface area contributed by atoms with E-state index in [0.717, 1.165) is 30.8 Å². The van der Waals surface area contributed by atoms with Gasteiger partial charge in [0.25, 0.3) is 5.91 Å². The number of carbonyl (C=O) groups is 1. The Morgan fingerprint density at radius 3 is 2.57 bits per heavy atom. The Balaban J connectivity index is 1.42. The van der Waals surface area contributed by atoms with E-state index in [1.807, 2.05) is 11.0 Å². The smallest absolute Gasteiger partial charge is 0.263 e. The van der Waals surface area contributed by atoms with Gasteiger partial charge in [-0.15, -0.1) is 11.3 Å². The van der Waals surface area contributed by atoms with E-state index in [0.29, 0.717) is 18.4 Å². The summed E-state index contributed by atoms with van der Waals surface area (Å²) in [6, 6.07) is 21.2. The van der Waals surface area contributed by atoms with Gasteiger partial charge in [0.2, 0.25) is 0 Å². The average molecular weight is 389 g/mol. The highest BCUT2D eigenvalue weighted by Gasteiger charge is 2.36. The van der Waals surface area contributed by atoms with Crippen molar-refractivity contribution in [3.05, 3.63) is 82.2 Å². The monoisotopic (exact) mass is 388 g/mol. The van der Waals surface area contributed by atoms with Gasteiger partial charge >= 0.3 is 0 Å². The second-order valence-electron chi connectivity index (χ2n) is 7.85. The molecule has 1 aliphatic carbocycles. The number of amides is 1. The molecule has 28 heavy (non-hydrogen) atoms. The molecule has 142 valence electrons. The van der Waals surface area contributed by atoms with Crippen molar-refractivity contribution in [2.45, 2.75) is 18.8 Å². The molecular formula is C24H24N2OS. The Kier molecular flexibility index (Phi) is 4.53. The van der Waals surface area contributed by atoms with Crippen molar-refractivity contribution in [3.63, 3.8) is 0 Å². The predicted molar refractivity (Wildman–Crippen MR) is 115 cm³/mol. The highest BCUT2D eigenvalue weighted by Crippen LogP contribution is 2.41.